The molecule has 0 bridgehead atoms. The van der Waals surface area contributed by atoms with Crippen LogP contribution >= 0.6 is 11.3 Å². The number of nitrogens with one attached hydrogen (secondary N) is 2. The van der Waals surface area contributed by atoms with Crippen molar-refractivity contribution in [2.75, 3.05) is 17.2 Å². The molecule has 0 aliphatic carbocycles. The van der Waals surface area contributed by atoms with E-state index in [1.807, 2.05) is 13.8 Å². The molecule has 1 amide bonds. The number of hydrogen-bond donors (Lipinski definition) is 3. The number of amides is 1. The van der Waals surface area contributed by atoms with E-state index in [1.54, 1.807) is 5.38 Å². The van der Waals surface area contributed by atoms with Crippen molar-refractivity contribution in [2.24, 2.45) is 5.73 Å². The summed E-state index contributed by atoms with van der Waals surface area (Å²) in [5.41, 5.74) is 6.88. The minimum absolute atomic E-state index is 0.118. The Hall–Kier alpha value is -1.99. The number of rotatable bonds is 6. The van der Waals surface area contributed by atoms with Gasteiger partial charge >= 0.3 is 0 Å². The number of carbonyl (C=O) groups is 1. The van der Waals surface area contributed by atoms with Gasteiger partial charge in [0, 0.05) is 17.8 Å². The van der Waals surface area contributed by atoms with Gasteiger partial charge in [0.05, 0.1) is 16.4 Å². The lowest BCUT2D eigenvalue weighted by atomic mass is 10.2. The minimum atomic E-state index is -0.361. The highest BCUT2D eigenvalue weighted by atomic mass is 32.1. The third-order valence-electron chi connectivity index (χ3n) is 2.82. The molecule has 0 aliphatic rings. The Morgan fingerprint density at radius 3 is 2.86 bits per heavy atom. The molecule has 22 heavy (non-hydrogen) atoms. The second kappa shape index (κ2) is 7.33. The highest BCUT2D eigenvalue weighted by Crippen LogP contribution is 2.24. The van der Waals surface area contributed by atoms with Crippen LogP contribution in [0.5, 0.6) is 0 Å². The summed E-state index contributed by atoms with van der Waals surface area (Å²) >= 11 is 1.40. The van der Waals surface area contributed by atoms with Crippen molar-refractivity contribution in [1.82, 2.24) is 4.98 Å². The maximum absolute atomic E-state index is 13.4. The van der Waals surface area contributed by atoms with E-state index < -0.39 is 0 Å². The number of anilines is 2. The molecule has 0 saturated heterocycles. The highest BCUT2D eigenvalue weighted by molar-refractivity contribution is 7.09. The first kappa shape index (κ1) is 16.4. The Morgan fingerprint density at radius 1 is 1.41 bits per heavy atom. The van der Waals surface area contributed by atoms with E-state index in [0.717, 1.165) is 5.01 Å². The summed E-state index contributed by atoms with van der Waals surface area (Å²) in [6.45, 7) is 4.38. The van der Waals surface area contributed by atoms with Gasteiger partial charge in [-0.15, -0.1) is 11.3 Å². The van der Waals surface area contributed by atoms with Crippen molar-refractivity contribution in [1.29, 1.82) is 0 Å². The molecule has 4 N–H and O–H groups in total. The van der Waals surface area contributed by atoms with Gasteiger partial charge in [0.2, 0.25) is 0 Å². The van der Waals surface area contributed by atoms with E-state index in [9.17, 15) is 9.18 Å². The van der Waals surface area contributed by atoms with E-state index in [0.29, 0.717) is 30.0 Å². The summed E-state index contributed by atoms with van der Waals surface area (Å²) in [4.78, 5) is 16.5. The van der Waals surface area contributed by atoms with Gasteiger partial charge in [0.1, 0.15) is 11.5 Å². The number of halogens is 1. The topological polar surface area (TPSA) is 80.0 Å². The first-order valence-corrected chi connectivity index (χ1v) is 7.89. The van der Waals surface area contributed by atoms with Crippen LogP contribution < -0.4 is 16.4 Å². The van der Waals surface area contributed by atoms with Crippen molar-refractivity contribution >= 4 is 28.6 Å². The molecule has 2 aromatic rings. The standard InChI is InChI=1S/C15H19FN4OS/c1-9(2)18-12-7-10(16)3-4-11(12)20-15(21)13-8-22-14(19-13)5-6-17/h3-4,7-9,18H,5-6,17H2,1-2H3,(H,20,21). The van der Waals surface area contributed by atoms with Gasteiger partial charge in [-0.3, -0.25) is 4.79 Å². The number of aromatic nitrogens is 1. The average Bonchev–Trinajstić information content (AvgIpc) is 2.90. The van der Waals surface area contributed by atoms with Gasteiger partial charge in [-0.05, 0) is 38.6 Å². The van der Waals surface area contributed by atoms with Crippen LogP contribution in [0.3, 0.4) is 0 Å². The zero-order valence-corrected chi connectivity index (χ0v) is 13.3. The van der Waals surface area contributed by atoms with E-state index in [4.69, 9.17) is 5.73 Å². The molecule has 0 fully saturated rings. The Balaban J connectivity index is 2.16. The summed E-state index contributed by atoms with van der Waals surface area (Å²) in [5.74, 6) is -0.682. The van der Waals surface area contributed by atoms with E-state index >= 15 is 0 Å². The number of benzene rings is 1. The Morgan fingerprint density at radius 2 is 2.18 bits per heavy atom. The molecule has 0 spiro atoms. The van der Waals surface area contributed by atoms with Crippen molar-refractivity contribution < 1.29 is 9.18 Å². The van der Waals surface area contributed by atoms with Crippen molar-refractivity contribution in [3.05, 3.63) is 40.1 Å². The van der Waals surface area contributed by atoms with Gasteiger partial charge < -0.3 is 16.4 Å². The summed E-state index contributed by atoms with van der Waals surface area (Å²) in [6.07, 6.45) is 0.647. The van der Waals surface area contributed by atoms with Crippen LogP contribution in [0.15, 0.2) is 23.6 Å². The van der Waals surface area contributed by atoms with Crippen LogP contribution in [-0.4, -0.2) is 23.5 Å². The summed E-state index contributed by atoms with van der Waals surface area (Å²) in [7, 11) is 0. The van der Waals surface area contributed by atoms with Gasteiger partial charge in [-0.25, -0.2) is 9.37 Å². The molecule has 7 heteroatoms. The van der Waals surface area contributed by atoms with Crippen LogP contribution in [-0.2, 0) is 6.42 Å². The molecule has 0 atom stereocenters. The lowest BCUT2D eigenvalue weighted by Crippen LogP contribution is -2.17. The number of hydrogen-bond acceptors (Lipinski definition) is 5. The van der Waals surface area contributed by atoms with E-state index in [2.05, 4.69) is 15.6 Å². The third kappa shape index (κ3) is 4.25. The lowest BCUT2D eigenvalue weighted by molar-refractivity contribution is 0.102. The highest BCUT2D eigenvalue weighted by Gasteiger charge is 2.13. The average molecular weight is 322 g/mol. The van der Waals surface area contributed by atoms with Crippen LogP contribution in [0, 0.1) is 5.82 Å². The SMILES string of the molecule is CC(C)Nc1cc(F)ccc1NC(=O)c1csc(CCN)n1. The van der Waals surface area contributed by atoms with Crippen LogP contribution in [0.2, 0.25) is 0 Å². The molecule has 5 nitrogen and oxygen atoms in total. The number of carbonyl (C=O) groups excluding carboxylic acids is 1. The zero-order chi connectivity index (χ0) is 16.1. The largest absolute Gasteiger partial charge is 0.381 e. The predicted octanol–water partition coefficient (Wildman–Crippen LogP) is 2.86. The second-order valence-electron chi connectivity index (χ2n) is 5.11. The second-order valence-corrected chi connectivity index (χ2v) is 6.05. The summed E-state index contributed by atoms with van der Waals surface area (Å²) in [5, 5.41) is 8.39. The Bertz CT molecular complexity index is 657. The molecular weight excluding hydrogens is 303 g/mol. The smallest absolute Gasteiger partial charge is 0.275 e. The van der Waals surface area contributed by atoms with Crippen molar-refractivity contribution in [3.63, 3.8) is 0 Å². The zero-order valence-electron chi connectivity index (χ0n) is 12.5. The van der Waals surface area contributed by atoms with Crippen LogP contribution in [0.25, 0.3) is 0 Å². The Kier molecular flexibility index (Phi) is 5.46. The number of nitrogens with two attached hydrogens (primary N) is 1. The maximum atomic E-state index is 13.4. The monoisotopic (exact) mass is 322 g/mol. The molecule has 1 aromatic carbocycles. The quantitative estimate of drug-likeness (QED) is 0.764. The van der Waals surface area contributed by atoms with Gasteiger partial charge in [0.15, 0.2) is 0 Å². The van der Waals surface area contributed by atoms with Crippen LogP contribution in [0.4, 0.5) is 15.8 Å². The molecule has 1 aromatic heterocycles. The van der Waals surface area contributed by atoms with Crippen molar-refractivity contribution in [2.45, 2.75) is 26.3 Å². The fourth-order valence-corrected chi connectivity index (χ4v) is 2.69. The van der Waals surface area contributed by atoms with E-state index in [-0.39, 0.29) is 17.8 Å². The third-order valence-corrected chi connectivity index (χ3v) is 3.73. The lowest BCUT2D eigenvalue weighted by Gasteiger charge is -2.15. The van der Waals surface area contributed by atoms with Gasteiger partial charge in [-0.2, -0.15) is 0 Å². The normalized spacial score (nSPS) is 10.8. The first-order chi connectivity index (χ1) is 10.5. The predicted molar refractivity (Wildman–Crippen MR) is 88.0 cm³/mol. The molecule has 0 aliphatic heterocycles. The fraction of sp³-hybridized carbons (Fsp3) is 0.333. The minimum Gasteiger partial charge on any atom is -0.381 e. The van der Waals surface area contributed by atoms with E-state index in [1.165, 1.54) is 29.5 Å². The number of thiazole rings is 1. The van der Waals surface area contributed by atoms with Gasteiger partial charge in [0.25, 0.3) is 5.91 Å². The molecule has 0 radical (unpaired) electrons. The molecule has 1 heterocycles. The molecule has 118 valence electrons. The summed E-state index contributed by atoms with van der Waals surface area (Å²) < 4.78 is 13.4. The number of nitrogens with zero attached hydrogens (tertiary/aromatic N) is 1. The molecule has 0 unspecified atom stereocenters. The molecule has 2 rings (SSSR count). The van der Waals surface area contributed by atoms with Crippen molar-refractivity contribution in [3.8, 4) is 0 Å². The van der Waals surface area contributed by atoms with Crippen LogP contribution in [0.1, 0.15) is 29.3 Å². The molecule has 0 saturated carbocycles. The Labute approximate surface area is 132 Å². The summed E-state index contributed by atoms with van der Waals surface area (Å²) in [6, 6.07) is 4.32. The first-order valence-electron chi connectivity index (χ1n) is 7.01. The molecular formula is C15H19FN4OS. The van der Waals surface area contributed by atoms with Gasteiger partial charge in [-0.1, -0.05) is 0 Å². The fourth-order valence-electron chi connectivity index (χ4n) is 1.90. The maximum Gasteiger partial charge on any atom is 0.275 e.